The van der Waals surface area contributed by atoms with E-state index in [0.717, 1.165) is 0 Å². The van der Waals surface area contributed by atoms with E-state index >= 15 is 0 Å². The van der Waals surface area contributed by atoms with Gasteiger partial charge >= 0.3 is 5.97 Å². The van der Waals surface area contributed by atoms with Crippen LogP contribution in [0.25, 0.3) is 0 Å². The molecular weight excluding hydrogens is 230 g/mol. The molecule has 1 aromatic carbocycles. The van der Waals surface area contributed by atoms with Gasteiger partial charge in [-0.25, -0.2) is 4.79 Å². The highest BCUT2D eigenvalue weighted by Gasteiger charge is 2.16. The number of methoxy groups -OCH3 is 2. The number of benzene rings is 1. The summed E-state index contributed by atoms with van der Waals surface area (Å²) >= 11 is 5.75. The van der Waals surface area contributed by atoms with Gasteiger partial charge in [-0.1, -0.05) is 6.07 Å². The number of ether oxygens (including phenoxy) is 2. The van der Waals surface area contributed by atoms with Gasteiger partial charge in [0.05, 0.1) is 20.3 Å². The number of esters is 1. The van der Waals surface area contributed by atoms with Gasteiger partial charge in [-0.2, -0.15) is 5.26 Å². The normalized spacial score (nSPS) is 11.4. The molecule has 0 saturated carbocycles. The fraction of sp³-hybridized carbons (Fsp3) is 0.273. The second-order valence-corrected chi connectivity index (χ2v) is 3.38. The van der Waals surface area contributed by atoms with Crippen molar-refractivity contribution in [1.29, 1.82) is 5.26 Å². The van der Waals surface area contributed by atoms with Gasteiger partial charge in [0.25, 0.3) is 0 Å². The van der Waals surface area contributed by atoms with Crippen molar-refractivity contribution >= 4 is 17.6 Å². The van der Waals surface area contributed by atoms with Crippen LogP contribution in [0.4, 0.5) is 0 Å². The molecule has 0 aromatic heterocycles. The molecule has 1 rings (SSSR count). The molecule has 0 N–H and O–H groups in total. The summed E-state index contributed by atoms with van der Waals surface area (Å²) < 4.78 is 9.61. The monoisotopic (exact) mass is 239 g/mol. The molecule has 16 heavy (non-hydrogen) atoms. The summed E-state index contributed by atoms with van der Waals surface area (Å²) in [6, 6.07) is 6.58. The van der Waals surface area contributed by atoms with E-state index in [1.165, 1.54) is 20.3 Å². The van der Waals surface area contributed by atoms with E-state index in [2.05, 4.69) is 4.74 Å². The van der Waals surface area contributed by atoms with Crippen molar-refractivity contribution < 1.29 is 14.3 Å². The number of alkyl halides is 1. The highest BCUT2D eigenvalue weighted by atomic mass is 35.5. The smallest absolute Gasteiger partial charge is 0.341 e. The standard InChI is InChI=1S/C11H10ClNO3/c1-15-10-4-3-7(9(12)6-13)5-8(10)11(14)16-2/h3-5,9H,1-2H3. The van der Waals surface area contributed by atoms with Crippen molar-refractivity contribution in [3.05, 3.63) is 29.3 Å². The number of carbonyl (C=O) groups is 1. The maximum Gasteiger partial charge on any atom is 0.341 e. The van der Waals surface area contributed by atoms with Crippen molar-refractivity contribution in [1.82, 2.24) is 0 Å². The largest absolute Gasteiger partial charge is 0.496 e. The Bertz CT molecular complexity index is 439. The van der Waals surface area contributed by atoms with Gasteiger partial charge < -0.3 is 9.47 Å². The summed E-state index contributed by atoms with van der Waals surface area (Å²) in [5, 5.41) is 7.88. The Morgan fingerprint density at radius 2 is 2.19 bits per heavy atom. The zero-order valence-electron chi connectivity index (χ0n) is 8.86. The Hall–Kier alpha value is -1.73. The van der Waals surface area contributed by atoms with Gasteiger partial charge in [-0.15, -0.1) is 11.6 Å². The molecule has 1 atom stereocenters. The molecular formula is C11H10ClNO3. The average Bonchev–Trinajstić information content (AvgIpc) is 2.35. The van der Waals surface area contributed by atoms with E-state index in [9.17, 15) is 4.79 Å². The Morgan fingerprint density at radius 1 is 1.50 bits per heavy atom. The summed E-state index contributed by atoms with van der Waals surface area (Å²) in [4.78, 5) is 11.4. The van der Waals surface area contributed by atoms with Crippen LogP contribution in [0.5, 0.6) is 5.75 Å². The first-order valence-corrected chi connectivity index (χ1v) is 4.87. The van der Waals surface area contributed by atoms with Crippen LogP contribution in [-0.4, -0.2) is 20.2 Å². The lowest BCUT2D eigenvalue weighted by atomic mass is 10.1. The predicted octanol–water partition coefficient (Wildman–Crippen LogP) is 2.29. The van der Waals surface area contributed by atoms with Crippen molar-refractivity contribution in [3.8, 4) is 11.8 Å². The van der Waals surface area contributed by atoms with E-state index < -0.39 is 11.3 Å². The second-order valence-electron chi connectivity index (χ2n) is 2.94. The molecule has 1 aromatic rings. The number of carbonyl (C=O) groups excluding carboxylic acids is 1. The van der Waals surface area contributed by atoms with Crippen molar-refractivity contribution in [2.75, 3.05) is 14.2 Å². The van der Waals surface area contributed by atoms with E-state index in [1.54, 1.807) is 12.1 Å². The molecule has 84 valence electrons. The summed E-state index contributed by atoms with van der Waals surface area (Å²) in [6.07, 6.45) is 0. The van der Waals surface area contributed by atoms with E-state index in [4.69, 9.17) is 21.6 Å². The third-order valence-corrected chi connectivity index (χ3v) is 2.38. The second kappa shape index (κ2) is 5.38. The Labute approximate surface area is 98.3 Å². The fourth-order valence-electron chi connectivity index (χ4n) is 1.23. The summed E-state index contributed by atoms with van der Waals surface area (Å²) in [5.41, 5.74) is 0.786. The minimum atomic E-state index is -0.797. The van der Waals surface area contributed by atoms with Crippen LogP contribution >= 0.6 is 11.6 Å². The molecule has 0 saturated heterocycles. The SMILES string of the molecule is COC(=O)c1cc(C(Cl)C#N)ccc1OC. The minimum absolute atomic E-state index is 0.253. The topological polar surface area (TPSA) is 59.3 Å². The van der Waals surface area contributed by atoms with Crippen LogP contribution < -0.4 is 4.74 Å². The number of rotatable bonds is 3. The number of nitriles is 1. The van der Waals surface area contributed by atoms with Gasteiger partial charge in [0.2, 0.25) is 0 Å². The summed E-state index contributed by atoms with van der Waals surface area (Å²) in [5.74, 6) is -0.141. The molecule has 0 amide bonds. The van der Waals surface area contributed by atoms with E-state index in [1.807, 2.05) is 6.07 Å². The molecule has 0 heterocycles. The van der Waals surface area contributed by atoms with Gasteiger partial charge in [-0.3, -0.25) is 0 Å². The molecule has 0 aliphatic rings. The number of halogens is 1. The zero-order valence-corrected chi connectivity index (χ0v) is 9.62. The molecule has 5 heteroatoms. The van der Waals surface area contributed by atoms with E-state index in [0.29, 0.717) is 11.3 Å². The van der Waals surface area contributed by atoms with Crippen LogP contribution in [0.15, 0.2) is 18.2 Å². The maximum absolute atomic E-state index is 11.4. The third-order valence-electron chi connectivity index (χ3n) is 2.03. The van der Waals surface area contributed by atoms with Crippen LogP contribution in [0, 0.1) is 11.3 Å². The first kappa shape index (κ1) is 12.3. The molecule has 0 spiro atoms. The van der Waals surface area contributed by atoms with E-state index in [-0.39, 0.29) is 5.56 Å². The Morgan fingerprint density at radius 3 is 2.69 bits per heavy atom. The summed E-state index contributed by atoms with van der Waals surface area (Å²) in [6.45, 7) is 0. The fourth-order valence-corrected chi connectivity index (χ4v) is 1.36. The first-order valence-electron chi connectivity index (χ1n) is 4.44. The minimum Gasteiger partial charge on any atom is -0.496 e. The molecule has 0 radical (unpaired) electrons. The number of nitrogens with zero attached hydrogens (tertiary/aromatic N) is 1. The Balaban J connectivity index is 3.22. The van der Waals surface area contributed by atoms with Crippen molar-refractivity contribution in [3.63, 3.8) is 0 Å². The molecule has 0 fully saturated rings. The van der Waals surface area contributed by atoms with Gasteiger partial charge in [0.15, 0.2) is 0 Å². The quantitative estimate of drug-likeness (QED) is 0.600. The molecule has 1 unspecified atom stereocenters. The van der Waals surface area contributed by atoms with Gasteiger partial charge in [-0.05, 0) is 17.7 Å². The number of hydrogen-bond donors (Lipinski definition) is 0. The predicted molar refractivity (Wildman–Crippen MR) is 58.5 cm³/mol. The van der Waals surface area contributed by atoms with Crippen LogP contribution in [0.3, 0.4) is 0 Å². The zero-order chi connectivity index (χ0) is 12.1. The highest BCUT2D eigenvalue weighted by molar-refractivity contribution is 6.22. The first-order chi connectivity index (χ1) is 7.63. The molecule has 0 bridgehead atoms. The lowest BCUT2D eigenvalue weighted by molar-refractivity contribution is 0.0597. The lowest BCUT2D eigenvalue weighted by Crippen LogP contribution is -2.05. The lowest BCUT2D eigenvalue weighted by Gasteiger charge is -2.09. The van der Waals surface area contributed by atoms with Gasteiger partial charge in [0, 0.05) is 0 Å². The average molecular weight is 240 g/mol. The van der Waals surface area contributed by atoms with Crippen LogP contribution in [0.1, 0.15) is 21.3 Å². The summed E-state index contributed by atoms with van der Waals surface area (Å²) in [7, 11) is 2.72. The van der Waals surface area contributed by atoms with Crippen LogP contribution in [0.2, 0.25) is 0 Å². The molecule has 4 nitrogen and oxygen atoms in total. The molecule has 0 aliphatic carbocycles. The molecule has 0 aliphatic heterocycles. The van der Waals surface area contributed by atoms with Gasteiger partial charge in [0.1, 0.15) is 16.7 Å². The Kier molecular flexibility index (Phi) is 4.15. The van der Waals surface area contributed by atoms with Crippen LogP contribution in [-0.2, 0) is 4.74 Å². The van der Waals surface area contributed by atoms with Crippen molar-refractivity contribution in [2.24, 2.45) is 0 Å². The number of hydrogen-bond acceptors (Lipinski definition) is 4. The third kappa shape index (κ3) is 2.44. The maximum atomic E-state index is 11.4. The van der Waals surface area contributed by atoms with Crippen molar-refractivity contribution in [2.45, 2.75) is 5.38 Å². The highest BCUT2D eigenvalue weighted by Crippen LogP contribution is 2.26.